The van der Waals surface area contributed by atoms with E-state index in [1.165, 1.54) is 4.31 Å². The van der Waals surface area contributed by atoms with E-state index in [-0.39, 0.29) is 11.3 Å². The van der Waals surface area contributed by atoms with Gasteiger partial charge in [0, 0.05) is 18.6 Å². The first kappa shape index (κ1) is 12.1. The average Bonchev–Trinajstić information content (AvgIpc) is 3.09. The van der Waals surface area contributed by atoms with Gasteiger partial charge in [0.2, 0.25) is 10.0 Å². The molecule has 0 amide bonds. The van der Waals surface area contributed by atoms with Gasteiger partial charge in [0.25, 0.3) is 0 Å². The third-order valence-corrected chi connectivity index (χ3v) is 5.66. The SMILES string of the molecule is NC1(C2CC2)CN(S(=O)(=O)Cc2ccccc2)C1. The fourth-order valence-electron chi connectivity index (χ4n) is 2.60. The van der Waals surface area contributed by atoms with E-state index in [0.717, 1.165) is 18.4 Å². The molecule has 18 heavy (non-hydrogen) atoms. The molecule has 2 N–H and O–H groups in total. The lowest BCUT2D eigenvalue weighted by atomic mass is 9.88. The van der Waals surface area contributed by atoms with Crippen LogP contribution < -0.4 is 5.73 Å². The summed E-state index contributed by atoms with van der Waals surface area (Å²) in [6.07, 6.45) is 2.31. The van der Waals surface area contributed by atoms with Gasteiger partial charge in [-0.15, -0.1) is 0 Å². The Morgan fingerprint density at radius 1 is 1.22 bits per heavy atom. The molecule has 3 rings (SSSR count). The smallest absolute Gasteiger partial charge is 0.218 e. The first-order chi connectivity index (χ1) is 8.50. The molecule has 98 valence electrons. The van der Waals surface area contributed by atoms with E-state index < -0.39 is 10.0 Å². The molecule has 4 nitrogen and oxygen atoms in total. The Hall–Kier alpha value is -0.910. The molecule has 1 heterocycles. The van der Waals surface area contributed by atoms with Crippen molar-refractivity contribution in [2.24, 2.45) is 11.7 Å². The summed E-state index contributed by atoms with van der Waals surface area (Å²) in [5, 5.41) is 0. The highest BCUT2D eigenvalue weighted by atomic mass is 32.2. The summed E-state index contributed by atoms with van der Waals surface area (Å²) >= 11 is 0. The van der Waals surface area contributed by atoms with E-state index in [4.69, 9.17) is 5.73 Å². The van der Waals surface area contributed by atoms with Gasteiger partial charge in [0.05, 0.1) is 5.75 Å². The summed E-state index contributed by atoms with van der Waals surface area (Å²) in [7, 11) is -3.20. The van der Waals surface area contributed by atoms with Gasteiger partial charge in [-0.2, -0.15) is 4.31 Å². The predicted octanol–water partition coefficient (Wildman–Crippen LogP) is 0.939. The number of nitrogens with two attached hydrogens (primary N) is 1. The quantitative estimate of drug-likeness (QED) is 0.882. The molecule has 0 aromatic heterocycles. The minimum atomic E-state index is -3.20. The number of nitrogens with zero attached hydrogens (tertiary/aromatic N) is 1. The molecule has 0 bridgehead atoms. The second-order valence-corrected chi connectivity index (χ2v) is 7.49. The zero-order valence-electron chi connectivity index (χ0n) is 10.2. The van der Waals surface area contributed by atoms with E-state index in [0.29, 0.717) is 19.0 Å². The lowest BCUT2D eigenvalue weighted by molar-refractivity contribution is 0.135. The van der Waals surface area contributed by atoms with Crippen LogP contribution in [0.1, 0.15) is 18.4 Å². The fraction of sp³-hybridized carbons (Fsp3) is 0.538. The number of rotatable bonds is 4. The topological polar surface area (TPSA) is 63.4 Å². The van der Waals surface area contributed by atoms with E-state index in [1.807, 2.05) is 30.3 Å². The van der Waals surface area contributed by atoms with E-state index in [1.54, 1.807) is 0 Å². The standard InChI is InChI=1S/C13H18N2O2S/c14-13(12-6-7-12)9-15(10-13)18(16,17)8-11-4-2-1-3-5-11/h1-5,12H,6-10,14H2. The maximum Gasteiger partial charge on any atom is 0.218 e. The maximum atomic E-state index is 12.2. The normalized spacial score (nSPS) is 23.6. The van der Waals surface area contributed by atoms with Crippen LogP contribution in [0.15, 0.2) is 30.3 Å². The molecule has 1 aliphatic carbocycles. The van der Waals surface area contributed by atoms with E-state index >= 15 is 0 Å². The third-order valence-electron chi connectivity index (χ3n) is 3.92. The lowest BCUT2D eigenvalue weighted by Crippen LogP contribution is -2.69. The minimum absolute atomic E-state index is 0.0780. The summed E-state index contributed by atoms with van der Waals surface area (Å²) in [6.45, 7) is 0.986. The van der Waals surface area contributed by atoms with Crippen molar-refractivity contribution < 1.29 is 8.42 Å². The molecule has 1 saturated carbocycles. The third kappa shape index (κ3) is 2.18. The lowest BCUT2D eigenvalue weighted by Gasteiger charge is -2.47. The Balaban J connectivity index is 1.66. The Kier molecular flexibility index (Phi) is 2.73. The van der Waals surface area contributed by atoms with Crippen LogP contribution in [0.25, 0.3) is 0 Å². The highest BCUT2D eigenvalue weighted by molar-refractivity contribution is 7.88. The van der Waals surface area contributed by atoms with Crippen LogP contribution in [0, 0.1) is 5.92 Å². The second kappa shape index (κ2) is 4.05. The Morgan fingerprint density at radius 3 is 2.39 bits per heavy atom. The molecule has 0 atom stereocenters. The average molecular weight is 266 g/mol. The zero-order valence-corrected chi connectivity index (χ0v) is 11.1. The number of hydrogen-bond donors (Lipinski definition) is 1. The first-order valence-electron chi connectivity index (χ1n) is 6.30. The molecule has 0 spiro atoms. The molecule has 0 unspecified atom stereocenters. The second-order valence-electron chi connectivity index (χ2n) is 5.52. The fourth-order valence-corrected chi connectivity index (χ4v) is 4.27. The van der Waals surface area contributed by atoms with Gasteiger partial charge in [0.1, 0.15) is 0 Å². The molecular formula is C13H18N2O2S. The highest BCUT2D eigenvalue weighted by Crippen LogP contribution is 2.43. The first-order valence-corrected chi connectivity index (χ1v) is 7.91. The predicted molar refractivity (Wildman–Crippen MR) is 70.3 cm³/mol. The van der Waals surface area contributed by atoms with Gasteiger partial charge >= 0.3 is 0 Å². The highest BCUT2D eigenvalue weighted by Gasteiger charge is 2.53. The van der Waals surface area contributed by atoms with Gasteiger partial charge in [-0.1, -0.05) is 30.3 Å². The van der Waals surface area contributed by atoms with Crippen molar-refractivity contribution in [2.45, 2.75) is 24.1 Å². The van der Waals surface area contributed by atoms with Crippen molar-refractivity contribution in [1.82, 2.24) is 4.31 Å². The van der Waals surface area contributed by atoms with Gasteiger partial charge < -0.3 is 5.73 Å². The Labute approximate surface area is 108 Å². The van der Waals surface area contributed by atoms with Gasteiger partial charge in [-0.05, 0) is 24.3 Å². The minimum Gasteiger partial charge on any atom is -0.323 e. The number of benzene rings is 1. The van der Waals surface area contributed by atoms with Crippen LogP contribution in [0.5, 0.6) is 0 Å². The van der Waals surface area contributed by atoms with Crippen LogP contribution in [0.4, 0.5) is 0 Å². The van der Waals surface area contributed by atoms with Gasteiger partial charge in [-0.3, -0.25) is 0 Å². The molecule has 1 aromatic rings. The molecule has 2 fully saturated rings. The largest absolute Gasteiger partial charge is 0.323 e. The summed E-state index contributed by atoms with van der Waals surface area (Å²) in [4.78, 5) is 0. The summed E-state index contributed by atoms with van der Waals surface area (Å²) in [5.41, 5.74) is 6.77. The summed E-state index contributed by atoms with van der Waals surface area (Å²) < 4.78 is 25.9. The van der Waals surface area contributed by atoms with Crippen molar-refractivity contribution in [2.75, 3.05) is 13.1 Å². The molecule has 5 heteroatoms. The van der Waals surface area contributed by atoms with Crippen molar-refractivity contribution in [1.29, 1.82) is 0 Å². The molecular weight excluding hydrogens is 248 g/mol. The monoisotopic (exact) mass is 266 g/mol. The van der Waals surface area contributed by atoms with Crippen LogP contribution >= 0.6 is 0 Å². The molecule has 2 aliphatic rings. The Morgan fingerprint density at radius 2 is 1.83 bits per heavy atom. The van der Waals surface area contributed by atoms with Crippen molar-refractivity contribution in [3.8, 4) is 0 Å². The van der Waals surface area contributed by atoms with E-state index in [9.17, 15) is 8.42 Å². The molecule has 1 aliphatic heterocycles. The van der Waals surface area contributed by atoms with Crippen LogP contribution in [-0.4, -0.2) is 31.4 Å². The van der Waals surface area contributed by atoms with Gasteiger partial charge in [0.15, 0.2) is 0 Å². The molecule has 1 saturated heterocycles. The van der Waals surface area contributed by atoms with E-state index in [2.05, 4.69) is 0 Å². The number of sulfonamides is 1. The van der Waals surface area contributed by atoms with Crippen LogP contribution in [-0.2, 0) is 15.8 Å². The molecule has 0 radical (unpaired) electrons. The van der Waals surface area contributed by atoms with Crippen molar-refractivity contribution >= 4 is 10.0 Å². The Bertz CT molecular complexity index is 531. The summed E-state index contributed by atoms with van der Waals surface area (Å²) in [5.74, 6) is 0.620. The number of hydrogen-bond acceptors (Lipinski definition) is 3. The van der Waals surface area contributed by atoms with Crippen LogP contribution in [0.2, 0.25) is 0 Å². The zero-order chi connectivity index (χ0) is 12.8. The van der Waals surface area contributed by atoms with Crippen molar-refractivity contribution in [3.63, 3.8) is 0 Å². The molecule has 1 aromatic carbocycles. The summed E-state index contributed by atoms with van der Waals surface area (Å²) in [6, 6.07) is 9.29. The van der Waals surface area contributed by atoms with Gasteiger partial charge in [-0.25, -0.2) is 8.42 Å². The van der Waals surface area contributed by atoms with Crippen molar-refractivity contribution in [3.05, 3.63) is 35.9 Å². The van der Waals surface area contributed by atoms with Crippen LogP contribution in [0.3, 0.4) is 0 Å². The maximum absolute atomic E-state index is 12.2.